The maximum atomic E-state index is 13.5. The van der Waals surface area contributed by atoms with Gasteiger partial charge < -0.3 is 4.74 Å². The zero-order valence-electron chi connectivity index (χ0n) is 8.99. The number of carbonyl (C=O) groups is 1. The summed E-state index contributed by atoms with van der Waals surface area (Å²) in [4.78, 5) is 10.7. The normalized spacial score (nSPS) is 10.2. The van der Waals surface area contributed by atoms with E-state index in [2.05, 4.69) is 0 Å². The van der Waals surface area contributed by atoms with Crippen LogP contribution in [0.5, 0.6) is 11.5 Å². The van der Waals surface area contributed by atoms with Crippen LogP contribution in [0.25, 0.3) is 0 Å². The van der Waals surface area contributed by atoms with Crippen LogP contribution in [0.1, 0.15) is 10.4 Å². The van der Waals surface area contributed by atoms with E-state index in [9.17, 15) is 13.6 Å². The van der Waals surface area contributed by atoms with Gasteiger partial charge in [0, 0.05) is 5.02 Å². The molecule has 0 unspecified atom stereocenters. The molecule has 2 aromatic rings. The van der Waals surface area contributed by atoms with Crippen molar-refractivity contribution >= 4 is 17.9 Å². The van der Waals surface area contributed by atoms with Crippen LogP contribution in [0.2, 0.25) is 5.02 Å². The van der Waals surface area contributed by atoms with Crippen LogP contribution in [0, 0.1) is 11.6 Å². The van der Waals surface area contributed by atoms with Crippen molar-refractivity contribution in [1.82, 2.24) is 0 Å². The maximum Gasteiger partial charge on any atom is 0.167 e. The number of benzene rings is 2. The second-order valence-corrected chi connectivity index (χ2v) is 3.88. The summed E-state index contributed by atoms with van der Waals surface area (Å²) in [5, 5.41) is 0.217. The molecule has 0 atom stereocenters. The molecule has 0 spiro atoms. The summed E-state index contributed by atoms with van der Waals surface area (Å²) in [5.74, 6) is -1.60. The van der Waals surface area contributed by atoms with E-state index in [0.29, 0.717) is 6.29 Å². The zero-order valence-corrected chi connectivity index (χ0v) is 9.75. The molecule has 18 heavy (non-hydrogen) atoms. The topological polar surface area (TPSA) is 26.3 Å². The Bertz CT molecular complexity index is 600. The highest BCUT2D eigenvalue weighted by atomic mass is 35.5. The van der Waals surface area contributed by atoms with E-state index in [1.807, 2.05) is 0 Å². The second kappa shape index (κ2) is 5.14. The molecule has 92 valence electrons. The van der Waals surface area contributed by atoms with Gasteiger partial charge in [0.15, 0.2) is 17.9 Å². The van der Waals surface area contributed by atoms with Gasteiger partial charge in [-0.25, -0.2) is 8.78 Å². The highest BCUT2D eigenvalue weighted by Gasteiger charge is 2.12. The van der Waals surface area contributed by atoms with Crippen molar-refractivity contribution in [2.45, 2.75) is 0 Å². The van der Waals surface area contributed by atoms with E-state index >= 15 is 0 Å². The predicted molar refractivity (Wildman–Crippen MR) is 63.3 cm³/mol. The highest BCUT2D eigenvalue weighted by molar-refractivity contribution is 6.30. The lowest BCUT2D eigenvalue weighted by atomic mass is 10.2. The summed E-state index contributed by atoms with van der Waals surface area (Å²) in [7, 11) is 0. The lowest BCUT2D eigenvalue weighted by molar-refractivity contribution is 0.111. The van der Waals surface area contributed by atoms with Crippen LogP contribution in [0.3, 0.4) is 0 Å². The Morgan fingerprint density at radius 2 is 1.83 bits per heavy atom. The molecular weight excluding hydrogens is 262 g/mol. The average Bonchev–Trinajstić information content (AvgIpc) is 2.33. The lowest BCUT2D eigenvalue weighted by Gasteiger charge is -2.09. The molecular formula is C13H7ClF2O2. The zero-order chi connectivity index (χ0) is 13.1. The van der Waals surface area contributed by atoms with Crippen LogP contribution in [0.15, 0.2) is 36.4 Å². The van der Waals surface area contributed by atoms with Gasteiger partial charge in [-0.05, 0) is 30.3 Å². The van der Waals surface area contributed by atoms with E-state index in [4.69, 9.17) is 16.3 Å². The Morgan fingerprint density at radius 3 is 2.50 bits per heavy atom. The molecule has 0 saturated carbocycles. The molecule has 0 aromatic heterocycles. The first kappa shape index (κ1) is 12.5. The first-order chi connectivity index (χ1) is 8.61. The van der Waals surface area contributed by atoms with Crippen LogP contribution >= 0.6 is 11.6 Å². The molecule has 2 rings (SSSR count). The fraction of sp³-hybridized carbons (Fsp3) is 0. The Morgan fingerprint density at radius 1 is 1.06 bits per heavy atom. The summed E-state index contributed by atoms with van der Waals surface area (Å²) < 4.78 is 31.9. The molecule has 0 fully saturated rings. The highest BCUT2D eigenvalue weighted by Crippen LogP contribution is 2.29. The number of halogens is 3. The van der Waals surface area contributed by atoms with E-state index in [0.717, 1.165) is 12.1 Å². The third kappa shape index (κ3) is 2.49. The van der Waals surface area contributed by atoms with Crippen LogP contribution in [-0.4, -0.2) is 6.29 Å². The minimum absolute atomic E-state index is 0.0498. The number of aldehydes is 1. The minimum atomic E-state index is -0.725. The molecule has 0 bridgehead atoms. The predicted octanol–water partition coefficient (Wildman–Crippen LogP) is 4.22. The third-order valence-electron chi connectivity index (χ3n) is 2.24. The molecule has 2 aromatic carbocycles. The molecule has 0 aliphatic rings. The summed E-state index contributed by atoms with van der Waals surface area (Å²) >= 11 is 5.59. The summed E-state index contributed by atoms with van der Waals surface area (Å²) in [6.07, 6.45) is 0.318. The lowest BCUT2D eigenvalue weighted by Crippen LogP contribution is -1.95. The van der Waals surface area contributed by atoms with Gasteiger partial charge in [0.05, 0.1) is 5.56 Å². The van der Waals surface area contributed by atoms with Crippen molar-refractivity contribution in [3.8, 4) is 11.5 Å². The number of carbonyl (C=O) groups excluding carboxylic acids is 1. The van der Waals surface area contributed by atoms with Crippen molar-refractivity contribution in [3.63, 3.8) is 0 Å². The Hall–Kier alpha value is -1.94. The summed E-state index contributed by atoms with van der Waals surface area (Å²) in [6, 6.07) is 7.66. The van der Waals surface area contributed by atoms with E-state index in [1.54, 1.807) is 0 Å². The molecule has 0 aliphatic carbocycles. The first-order valence-electron chi connectivity index (χ1n) is 4.98. The smallest absolute Gasteiger partial charge is 0.167 e. The van der Waals surface area contributed by atoms with Crippen molar-refractivity contribution in [2.24, 2.45) is 0 Å². The fourth-order valence-corrected chi connectivity index (χ4v) is 1.56. The van der Waals surface area contributed by atoms with Crippen molar-refractivity contribution < 1.29 is 18.3 Å². The number of rotatable bonds is 3. The molecule has 2 nitrogen and oxygen atoms in total. The quantitative estimate of drug-likeness (QED) is 0.779. The van der Waals surface area contributed by atoms with Gasteiger partial charge in [0.25, 0.3) is 0 Å². The maximum absolute atomic E-state index is 13.5. The second-order valence-electron chi connectivity index (χ2n) is 3.45. The molecule has 0 amide bonds. The van der Waals surface area contributed by atoms with Gasteiger partial charge in [0.1, 0.15) is 11.6 Å². The molecule has 0 radical (unpaired) electrons. The van der Waals surface area contributed by atoms with Gasteiger partial charge in [-0.15, -0.1) is 0 Å². The SMILES string of the molecule is O=Cc1c(F)cccc1Oc1ccc(Cl)cc1F. The monoisotopic (exact) mass is 268 g/mol. The molecule has 5 heteroatoms. The molecule has 0 heterocycles. The standard InChI is InChI=1S/C13H7ClF2O2/c14-8-4-5-13(11(16)6-8)18-12-3-1-2-10(15)9(12)7-17/h1-7H. The molecule has 0 N–H and O–H groups in total. The summed E-state index contributed by atoms with van der Waals surface area (Å²) in [5.41, 5.74) is -0.258. The van der Waals surface area contributed by atoms with Crippen molar-refractivity contribution in [2.75, 3.05) is 0 Å². The third-order valence-corrected chi connectivity index (χ3v) is 2.48. The first-order valence-corrected chi connectivity index (χ1v) is 5.36. The van der Waals surface area contributed by atoms with Crippen molar-refractivity contribution in [1.29, 1.82) is 0 Å². The Labute approximate surface area is 107 Å². The van der Waals surface area contributed by atoms with Crippen LogP contribution in [-0.2, 0) is 0 Å². The average molecular weight is 269 g/mol. The molecule has 0 aliphatic heterocycles. The van der Waals surface area contributed by atoms with E-state index in [1.165, 1.54) is 24.3 Å². The van der Waals surface area contributed by atoms with Gasteiger partial charge in [-0.3, -0.25) is 4.79 Å². The van der Waals surface area contributed by atoms with Crippen molar-refractivity contribution in [3.05, 3.63) is 58.6 Å². The minimum Gasteiger partial charge on any atom is -0.453 e. The number of hydrogen-bond donors (Lipinski definition) is 0. The number of hydrogen-bond acceptors (Lipinski definition) is 2. The van der Waals surface area contributed by atoms with Gasteiger partial charge in [-0.2, -0.15) is 0 Å². The summed E-state index contributed by atoms with van der Waals surface area (Å²) in [6.45, 7) is 0. The van der Waals surface area contributed by atoms with E-state index < -0.39 is 11.6 Å². The van der Waals surface area contributed by atoms with Gasteiger partial charge >= 0.3 is 0 Å². The van der Waals surface area contributed by atoms with Crippen LogP contribution < -0.4 is 4.74 Å². The fourth-order valence-electron chi connectivity index (χ4n) is 1.40. The number of ether oxygens (including phenoxy) is 1. The Balaban J connectivity index is 2.40. The van der Waals surface area contributed by atoms with E-state index in [-0.39, 0.29) is 22.1 Å². The molecule has 0 saturated heterocycles. The van der Waals surface area contributed by atoms with Crippen LogP contribution in [0.4, 0.5) is 8.78 Å². The Kier molecular flexibility index (Phi) is 3.58. The largest absolute Gasteiger partial charge is 0.453 e. The van der Waals surface area contributed by atoms with Gasteiger partial charge in [0.2, 0.25) is 0 Å². The van der Waals surface area contributed by atoms with Gasteiger partial charge in [-0.1, -0.05) is 17.7 Å².